The maximum Gasteiger partial charge on any atom is 0.183 e. The first-order valence-electron chi connectivity index (χ1n) is 4.69. The predicted molar refractivity (Wildman–Crippen MR) is 59.6 cm³/mol. The van der Waals surface area contributed by atoms with Crippen LogP contribution in [0.15, 0.2) is 30.3 Å². The van der Waals surface area contributed by atoms with Gasteiger partial charge in [0.25, 0.3) is 0 Å². The molecule has 2 nitrogen and oxygen atoms in total. The van der Waals surface area contributed by atoms with Gasteiger partial charge in [-0.25, -0.2) is 0 Å². The van der Waals surface area contributed by atoms with Crippen molar-refractivity contribution in [2.75, 3.05) is 11.5 Å². The molecule has 0 bridgehead atoms. The highest BCUT2D eigenvalue weighted by Crippen LogP contribution is 2.28. The first-order valence-corrected chi connectivity index (χ1v) is 5.84. The molecule has 0 aromatic heterocycles. The van der Waals surface area contributed by atoms with Gasteiger partial charge in [0.2, 0.25) is 0 Å². The normalized spacial score (nSPS) is 26.4. The molecule has 2 N–H and O–H groups in total. The molecule has 0 amide bonds. The van der Waals surface area contributed by atoms with E-state index < -0.39 is 5.54 Å². The fourth-order valence-electron chi connectivity index (χ4n) is 1.64. The summed E-state index contributed by atoms with van der Waals surface area (Å²) in [5.74, 6) is 1.83. The lowest BCUT2D eigenvalue weighted by Crippen LogP contribution is -2.48. The van der Waals surface area contributed by atoms with Crippen molar-refractivity contribution in [2.45, 2.75) is 12.0 Å². The molecule has 1 heterocycles. The number of nitrogens with two attached hydrogens (primary N) is 1. The number of hydrogen-bond donors (Lipinski definition) is 1. The minimum atomic E-state index is -0.619. The maximum absolute atomic E-state index is 12.0. The molecule has 1 atom stereocenters. The van der Waals surface area contributed by atoms with Gasteiger partial charge in [0, 0.05) is 11.3 Å². The molecule has 1 aromatic rings. The van der Waals surface area contributed by atoms with Gasteiger partial charge < -0.3 is 5.73 Å². The summed E-state index contributed by atoms with van der Waals surface area (Å²) < 4.78 is 0. The van der Waals surface area contributed by atoms with Crippen molar-refractivity contribution in [3.63, 3.8) is 0 Å². The van der Waals surface area contributed by atoms with E-state index in [0.29, 0.717) is 0 Å². The molecule has 1 fully saturated rings. The van der Waals surface area contributed by atoms with Crippen molar-refractivity contribution < 1.29 is 4.79 Å². The number of Topliss-reactive ketones (excluding diaryl/α,β-unsaturated/α-hetero) is 1. The predicted octanol–water partition coefficient (Wildman–Crippen LogP) is 1.70. The molecular formula is C11H13NOS. The number of thioether (sulfide) groups is 1. The Labute approximate surface area is 87.9 Å². The van der Waals surface area contributed by atoms with E-state index in [1.54, 1.807) is 11.8 Å². The lowest BCUT2D eigenvalue weighted by molar-refractivity contribution is 0.0906. The van der Waals surface area contributed by atoms with E-state index in [1.807, 2.05) is 30.3 Å². The second-order valence-corrected chi connectivity index (χ2v) is 4.76. The highest BCUT2D eigenvalue weighted by Gasteiger charge is 2.37. The molecule has 2 rings (SSSR count). The van der Waals surface area contributed by atoms with E-state index in [4.69, 9.17) is 5.73 Å². The van der Waals surface area contributed by atoms with Crippen LogP contribution in [0, 0.1) is 0 Å². The van der Waals surface area contributed by atoms with Crippen LogP contribution in [0.1, 0.15) is 16.8 Å². The molecule has 0 saturated carbocycles. The Kier molecular flexibility index (Phi) is 2.61. The van der Waals surface area contributed by atoms with Crippen molar-refractivity contribution in [2.24, 2.45) is 5.73 Å². The van der Waals surface area contributed by atoms with Crippen molar-refractivity contribution >= 4 is 17.5 Å². The zero-order valence-electron chi connectivity index (χ0n) is 7.90. The Bertz CT molecular complexity index is 330. The molecule has 1 unspecified atom stereocenters. The van der Waals surface area contributed by atoms with Gasteiger partial charge in [-0.3, -0.25) is 4.79 Å². The molecule has 0 aliphatic carbocycles. The topological polar surface area (TPSA) is 43.1 Å². The largest absolute Gasteiger partial charge is 0.318 e. The summed E-state index contributed by atoms with van der Waals surface area (Å²) in [6.07, 6.45) is 0.797. The average molecular weight is 207 g/mol. The molecule has 0 spiro atoms. The van der Waals surface area contributed by atoms with Crippen molar-refractivity contribution in [1.29, 1.82) is 0 Å². The third-order valence-corrected chi connectivity index (χ3v) is 3.75. The van der Waals surface area contributed by atoms with Crippen LogP contribution in [0.2, 0.25) is 0 Å². The molecule has 3 heteroatoms. The van der Waals surface area contributed by atoms with Crippen LogP contribution in [0.4, 0.5) is 0 Å². The highest BCUT2D eigenvalue weighted by atomic mass is 32.2. The van der Waals surface area contributed by atoms with Crippen LogP contribution in [-0.4, -0.2) is 22.8 Å². The van der Waals surface area contributed by atoms with Gasteiger partial charge in [0.15, 0.2) is 5.78 Å². The minimum Gasteiger partial charge on any atom is -0.318 e. The number of carbonyl (C=O) groups excluding carboxylic acids is 1. The Morgan fingerprint density at radius 2 is 2.07 bits per heavy atom. The Morgan fingerprint density at radius 1 is 1.36 bits per heavy atom. The second-order valence-electron chi connectivity index (χ2n) is 3.65. The van der Waals surface area contributed by atoms with Gasteiger partial charge in [0.05, 0.1) is 5.54 Å². The van der Waals surface area contributed by atoms with E-state index in [2.05, 4.69) is 0 Å². The molecule has 0 radical (unpaired) electrons. The van der Waals surface area contributed by atoms with Gasteiger partial charge in [-0.15, -0.1) is 0 Å². The molecule has 14 heavy (non-hydrogen) atoms. The van der Waals surface area contributed by atoms with Gasteiger partial charge in [-0.1, -0.05) is 30.3 Å². The Hall–Kier alpha value is -0.800. The number of hydrogen-bond acceptors (Lipinski definition) is 3. The fraction of sp³-hybridized carbons (Fsp3) is 0.364. The lowest BCUT2D eigenvalue weighted by Gasteiger charge is -2.20. The highest BCUT2D eigenvalue weighted by molar-refractivity contribution is 7.99. The zero-order chi connectivity index (χ0) is 10.0. The van der Waals surface area contributed by atoms with Crippen LogP contribution in [0.3, 0.4) is 0 Å². The van der Waals surface area contributed by atoms with E-state index >= 15 is 0 Å². The molecule has 74 valence electrons. The molecule has 1 aliphatic rings. The van der Waals surface area contributed by atoms with Crippen molar-refractivity contribution in [3.05, 3.63) is 35.9 Å². The van der Waals surface area contributed by atoms with Crippen molar-refractivity contribution in [1.82, 2.24) is 0 Å². The van der Waals surface area contributed by atoms with Gasteiger partial charge in [-0.05, 0) is 12.2 Å². The van der Waals surface area contributed by atoms with E-state index in [9.17, 15) is 4.79 Å². The molecule has 1 saturated heterocycles. The summed E-state index contributed by atoms with van der Waals surface area (Å²) in [7, 11) is 0. The quantitative estimate of drug-likeness (QED) is 0.751. The SMILES string of the molecule is NC1(C(=O)c2ccccc2)CCSC1. The average Bonchev–Trinajstić information content (AvgIpc) is 2.67. The maximum atomic E-state index is 12.0. The second kappa shape index (κ2) is 3.75. The van der Waals surface area contributed by atoms with Crippen LogP contribution in [-0.2, 0) is 0 Å². The van der Waals surface area contributed by atoms with Crippen LogP contribution >= 0.6 is 11.8 Å². The van der Waals surface area contributed by atoms with Crippen LogP contribution in [0.25, 0.3) is 0 Å². The molecule has 1 aromatic carbocycles. The zero-order valence-corrected chi connectivity index (χ0v) is 8.72. The molecule has 1 aliphatic heterocycles. The number of benzene rings is 1. The third kappa shape index (κ3) is 1.70. The lowest BCUT2D eigenvalue weighted by atomic mass is 9.90. The monoisotopic (exact) mass is 207 g/mol. The summed E-state index contributed by atoms with van der Waals surface area (Å²) in [4.78, 5) is 12.0. The van der Waals surface area contributed by atoms with Crippen molar-refractivity contribution in [3.8, 4) is 0 Å². The number of rotatable bonds is 2. The summed E-state index contributed by atoms with van der Waals surface area (Å²) in [6.45, 7) is 0. The summed E-state index contributed by atoms with van der Waals surface area (Å²) in [6, 6.07) is 9.32. The van der Waals surface area contributed by atoms with Crippen LogP contribution < -0.4 is 5.73 Å². The van der Waals surface area contributed by atoms with Gasteiger partial charge in [0.1, 0.15) is 0 Å². The summed E-state index contributed by atoms with van der Waals surface area (Å²) in [5.41, 5.74) is 6.18. The minimum absolute atomic E-state index is 0.0862. The van der Waals surface area contributed by atoms with E-state index in [1.165, 1.54) is 0 Å². The van der Waals surface area contributed by atoms with Gasteiger partial charge >= 0.3 is 0 Å². The first kappa shape index (κ1) is 9.74. The van der Waals surface area contributed by atoms with Crippen LogP contribution in [0.5, 0.6) is 0 Å². The fourth-order valence-corrected chi connectivity index (χ4v) is 2.93. The summed E-state index contributed by atoms with van der Waals surface area (Å²) in [5, 5.41) is 0. The first-order chi connectivity index (χ1) is 6.72. The summed E-state index contributed by atoms with van der Waals surface area (Å²) >= 11 is 1.76. The van der Waals surface area contributed by atoms with E-state index in [0.717, 1.165) is 23.5 Å². The van der Waals surface area contributed by atoms with E-state index in [-0.39, 0.29) is 5.78 Å². The van der Waals surface area contributed by atoms with Gasteiger partial charge in [-0.2, -0.15) is 11.8 Å². The smallest absolute Gasteiger partial charge is 0.183 e. The standard InChI is InChI=1S/C11H13NOS/c12-11(6-7-14-8-11)10(13)9-4-2-1-3-5-9/h1-5H,6-8,12H2. The number of ketones is 1. The number of carbonyl (C=O) groups is 1. The third-order valence-electron chi connectivity index (χ3n) is 2.54. The Morgan fingerprint density at radius 3 is 2.64 bits per heavy atom. The molecular weight excluding hydrogens is 194 g/mol. The Balaban J connectivity index is 2.24.